The lowest BCUT2D eigenvalue weighted by Crippen LogP contribution is -2.14. The summed E-state index contributed by atoms with van der Waals surface area (Å²) < 4.78 is 35.7. The van der Waals surface area contributed by atoms with Crippen LogP contribution in [-0.2, 0) is 14.9 Å². The zero-order valence-electron chi connectivity index (χ0n) is 18.3. The Morgan fingerprint density at radius 3 is 2.36 bits per heavy atom. The van der Waals surface area contributed by atoms with Gasteiger partial charge in [-0.2, -0.15) is 13.7 Å². The fraction of sp³-hybridized carbons (Fsp3) is 0.0435. The summed E-state index contributed by atoms with van der Waals surface area (Å²) >= 11 is 12.1. The van der Waals surface area contributed by atoms with Gasteiger partial charge < -0.3 is 14.2 Å². The van der Waals surface area contributed by atoms with Gasteiger partial charge in [0.2, 0.25) is 0 Å². The van der Waals surface area contributed by atoms with Crippen molar-refractivity contribution in [3.05, 3.63) is 92.0 Å². The highest BCUT2D eigenvalue weighted by atomic mass is 35.5. The number of nitrogens with one attached hydrogen (secondary N) is 1. The number of para-hydroxylation sites is 2. The second-order valence-electron chi connectivity index (χ2n) is 6.89. The summed E-state index contributed by atoms with van der Waals surface area (Å²) in [5.41, 5.74) is -0.540. The van der Waals surface area contributed by atoms with E-state index in [0.29, 0.717) is 5.56 Å². The average Bonchev–Trinajstić information content (AvgIpc) is 2.85. The Bertz CT molecular complexity index is 1510. The molecule has 1 amide bonds. The van der Waals surface area contributed by atoms with Crippen LogP contribution in [0.3, 0.4) is 0 Å². The summed E-state index contributed by atoms with van der Waals surface area (Å²) in [4.78, 5) is 22.3. The van der Waals surface area contributed by atoms with Gasteiger partial charge in [0.25, 0.3) is 11.6 Å². The van der Waals surface area contributed by atoms with E-state index in [1.165, 1.54) is 55.7 Å². The number of anilines is 1. The summed E-state index contributed by atoms with van der Waals surface area (Å²) in [6.07, 6.45) is 1.23. The molecule has 0 saturated carbocycles. The van der Waals surface area contributed by atoms with Crippen molar-refractivity contribution >= 4 is 56.7 Å². The van der Waals surface area contributed by atoms with E-state index in [0.717, 1.165) is 12.1 Å². The molecule has 0 atom stereocenters. The molecule has 0 aliphatic rings. The molecule has 1 N–H and O–H groups in total. The number of hydrogen-bond donors (Lipinski definition) is 1. The first-order chi connectivity index (χ1) is 17.1. The predicted molar refractivity (Wildman–Crippen MR) is 133 cm³/mol. The molecule has 13 heteroatoms. The number of hydrogen-bond acceptors (Lipinski definition) is 8. The lowest BCUT2D eigenvalue weighted by Gasteiger charge is -2.12. The fourth-order valence-corrected chi connectivity index (χ4v) is 4.54. The molecule has 0 aromatic heterocycles. The minimum absolute atomic E-state index is 0.0715. The summed E-state index contributed by atoms with van der Waals surface area (Å²) in [5, 5.41) is 23.5. The average molecular weight is 548 g/mol. The molecule has 0 saturated heterocycles. The Kier molecular flexibility index (Phi) is 8.16. The topological polar surface area (TPSA) is 149 Å². The smallest absolute Gasteiger partial charge is 0.346 e. The van der Waals surface area contributed by atoms with Crippen molar-refractivity contribution in [2.75, 3.05) is 12.4 Å². The van der Waals surface area contributed by atoms with Gasteiger partial charge in [0.05, 0.1) is 27.8 Å². The molecule has 36 heavy (non-hydrogen) atoms. The Hall–Kier alpha value is -4.11. The van der Waals surface area contributed by atoms with Crippen LogP contribution < -0.4 is 14.2 Å². The third-order valence-electron chi connectivity index (χ3n) is 4.60. The number of nitro groups is 1. The molecular formula is C23H15Cl2N3O7S. The van der Waals surface area contributed by atoms with Gasteiger partial charge >= 0.3 is 10.1 Å². The molecule has 0 unspecified atom stereocenters. The number of rotatable bonds is 8. The fourth-order valence-electron chi connectivity index (χ4n) is 2.94. The van der Waals surface area contributed by atoms with E-state index < -0.39 is 31.5 Å². The van der Waals surface area contributed by atoms with Gasteiger partial charge in [-0.3, -0.25) is 14.9 Å². The summed E-state index contributed by atoms with van der Waals surface area (Å²) in [6.45, 7) is 0. The number of nitrogens with zero attached hydrogens (tertiary/aromatic N) is 2. The van der Waals surface area contributed by atoms with Crippen molar-refractivity contribution in [2.24, 2.45) is 0 Å². The van der Waals surface area contributed by atoms with Crippen LogP contribution in [0.1, 0.15) is 5.56 Å². The van der Waals surface area contributed by atoms with E-state index in [2.05, 4.69) is 5.32 Å². The Labute approximate surface area is 215 Å². The largest absolute Gasteiger partial charge is 0.493 e. The number of carbonyl (C=O) groups is 1. The Balaban J connectivity index is 1.91. The molecular weight excluding hydrogens is 533 g/mol. The van der Waals surface area contributed by atoms with Crippen LogP contribution in [0.15, 0.2) is 71.1 Å². The SMILES string of the molecule is COc1cc(/C=C(\C#N)C(=O)Nc2c(Cl)cccc2Cl)ccc1OS(=O)(=O)c1ccccc1[N+](=O)[O-]. The number of nitriles is 1. The molecule has 0 bridgehead atoms. The highest BCUT2D eigenvalue weighted by molar-refractivity contribution is 7.87. The molecule has 0 spiro atoms. The van der Waals surface area contributed by atoms with Gasteiger partial charge in [-0.05, 0) is 42.0 Å². The lowest BCUT2D eigenvalue weighted by molar-refractivity contribution is -0.387. The highest BCUT2D eigenvalue weighted by Crippen LogP contribution is 2.34. The van der Waals surface area contributed by atoms with Crippen LogP contribution in [0.5, 0.6) is 11.5 Å². The second kappa shape index (κ2) is 11.1. The van der Waals surface area contributed by atoms with E-state index in [9.17, 15) is 28.6 Å². The highest BCUT2D eigenvalue weighted by Gasteiger charge is 2.28. The van der Waals surface area contributed by atoms with Crippen LogP contribution in [0.4, 0.5) is 11.4 Å². The number of halogens is 2. The standard InChI is InChI=1S/C23H15Cl2N3O7S/c1-34-20-12-14(11-15(13-26)23(29)27-22-16(24)5-4-6-17(22)25)9-10-19(20)35-36(32,33)21-8-3-2-7-18(21)28(30)31/h2-12H,1H3,(H,27,29)/b15-11+. The third-order valence-corrected chi connectivity index (χ3v) is 6.51. The normalized spacial score (nSPS) is 11.3. The summed E-state index contributed by atoms with van der Waals surface area (Å²) in [5.74, 6) is -1.12. The number of methoxy groups -OCH3 is 1. The molecule has 10 nitrogen and oxygen atoms in total. The molecule has 0 aliphatic carbocycles. The molecule has 3 rings (SSSR count). The van der Waals surface area contributed by atoms with Crippen molar-refractivity contribution in [1.82, 2.24) is 0 Å². The third kappa shape index (κ3) is 5.92. The zero-order chi connectivity index (χ0) is 26.5. The van der Waals surface area contributed by atoms with Crippen molar-refractivity contribution in [1.29, 1.82) is 5.26 Å². The first-order valence-corrected chi connectivity index (χ1v) is 12.0. The van der Waals surface area contributed by atoms with Gasteiger partial charge in [-0.25, -0.2) is 0 Å². The number of ether oxygens (including phenoxy) is 1. The maximum atomic E-state index is 12.7. The zero-order valence-corrected chi connectivity index (χ0v) is 20.6. The maximum Gasteiger partial charge on any atom is 0.346 e. The van der Waals surface area contributed by atoms with Crippen LogP contribution in [0, 0.1) is 21.4 Å². The van der Waals surface area contributed by atoms with Crippen LogP contribution in [-0.4, -0.2) is 26.4 Å². The van der Waals surface area contributed by atoms with E-state index in [-0.39, 0.29) is 32.8 Å². The number of benzene rings is 3. The lowest BCUT2D eigenvalue weighted by atomic mass is 10.1. The Morgan fingerprint density at radius 1 is 1.08 bits per heavy atom. The minimum atomic E-state index is -4.60. The molecule has 184 valence electrons. The molecule has 3 aromatic carbocycles. The van der Waals surface area contributed by atoms with Crippen molar-refractivity contribution in [2.45, 2.75) is 4.90 Å². The number of amides is 1. The van der Waals surface area contributed by atoms with Crippen molar-refractivity contribution in [3.8, 4) is 17.6 Å². The first kappa shape index (κ1) is 26.5. The van der Waals surface area contributed by atoms with Gasteiger partial charge in [0.1, 0.15) is 11.6 Å². The van der Waals surface area contributed by atoms with E-state index >= 15 is 0 Å². The maximum absolute atomic E-state index is 12.7. The van der Waals surface area contributed by atoms with E-state index in [4.69, 9.17) is 32.1 Å². The van der Waals surface area contributed by atoms with Crippen LogP contribution in [0.25, 0.3) is 6.08 Å². The molecule has 3 aromatic rings. The monoisotopic (exact) mass is 547 g/mol. The van der Waals surface area contributed by atoms with Gasteiger partial charge in [0, 0.05) is 6.07 Å². The molecule has 0 fully saturated rings. The van der Waals surface area contributed by atoms with Crippen LogP contribution in [0.2, 0.25) is 10.0 Å². The van der Waals surface area contributed by atoms with Crippen LogP contribution >= 0.6 is 23.2 Å². The summed E-state index contributed by atoms with van der Waals surface area (Å²) in [7, 11) is -3.36. The van der Waals surface area contributed by atoms with Gasteiger partial charge in [-0.15, -0.1) is 0 Å². The van der Waals surface area contributed by atoms with Crippen molar-refractivity contribution < 1.29 is 27.1 Å². The number of nitro benzene ring substituents is 1. The summed E-state index contributed by atoms with van der Waals surface area (Å²) in [6, 6.07) is 15.0. The van der Waals surface area contributed by atoms with E-state index in [1.807, 2.05) is 0 Å². The molecule has 0 aliphatic heterocycles. The van der Waals surface area contributed by atoms with Gasteiger partial charge in [-0.1, -0.05) is 47.5 Å². The number of carbonyl (C=O) groups excluding carboxylic acids is 1. The second-order valence-corrected chi connectivity index (χ2v) is 9.22. The van der Waals surface area contributed by atoms with Gasteiger partial charge in [0.15, 0.2) is 16.4 Å². The Morgan fingerprint density at radius 2 is 1.75 bits per heavy atom. The minimum Gasteiger partial charge on any atom is -0.493 e. The van der Waals surface area contributed by atoms with Crippen molar-refractivity contribution in [3.63, 3.8) is 0 Å². The first-order valence-electron chi connectivity index (χ1n) is 9.80. The quantitative estimate of drug-likeness (QED) is 0.132. The predicted octanol–water partition coefficient (Wildman–Crippen LogP) is 5.22. The molecule has 0 radical (unpaired) electrons. The molecule has 0 heterocycles. The van der Waals surface area contributed by atoms with E-state index in [1.54, 1.807) is 12.1 Å².